The Labute approximate surface area is 111 Å². The van der Waals surface area contributed by atoms with E-state index in [0.717, 1.165) is 5.56 Å². The minimum absolute atomic E-state index is 0.250. The molecule has 1 aromatic rings. The lowest BCUT2D eigenvalue weighted by molar-refractivity contribution is -0.0359. The van der Waals surface area contributed by atoms with Gasteiger partial charge in [0.1, 0.15) is 0 Å². The lowest BCUT2D eigenvalue weighted by Crippen LogP contribution is -2.16. The molecule has 0 saturated carbocycles. The van der Waals surface area contributed by atoms with Crippen LogP contribution in [-0.2, 0) is 0 Å². The van der Waals surface area contributed by atoms with Crippen LogP contribution in [0.5, 0.6) is 0 Å². The van der Waals surface area contributed by atoms with E-state index < -0.39 is 14.7 Å². The summed E-state index contributed by atoms with van der Waals surface area (Å²) in [6, 6.07) is 5.12. The Kier molecular flexibility index (Phi) is 3.45. The van der Waals surface area contributed by atoms with Gasteiger partial charge in [-0.15, -0.1) is 0 Å². The van der Waals surface area contributed by atoms with Crippen LogP contribution < -0.4 is 0 Å². The Morgan fingerprint density at radius 2 is 1.94 bits per heavy atom. The Balaban J connectivity index is 2.62. The number of allylic oxidation sites excluding steroid dienone is 1. The molecule has 1 atom stereocenters. The minimum atomic E-state index is -4.39. The zero-order valence-electron chi connectivity index (χ0n) is 10.1. The van der Waals surface area contributed by atoms with E-state index in [2.05, 4.69) is 0 Å². The van der Waals surface area contributed by atoms with Crippen molar-refractivity contribution in [3.05, 3.63) is 34.2 Å². The van der Waals surface area contributed by atoms with Crippen molar-refractivity contribution in [3.8, 4) is 0 Å². The van der Waals surface area contributed by atoms with Crippen LogP contribution >= 0.6 is 19.9 Å². The molecular formula is C13H14ClF3S. The monoisotopic (exact) mass is 294 g/mol. The number of halogens is 4. The molecule has 0 nitrogen and oxygen atoms in total. The minimum Gasteiger partial charge on any atom is -0.160 e. The van der Waals surface area contributed by atoms with E-state index in [-0.39, 0.29) is 4.90 Å². The number of benzene rings is 1. The standard InChI is InChI=1S/C13H14ClF3S/c1-3-4-11-8-10-6-5-9(2)7-12(10)18(11,14)13(15,16)17/h5-8H,3-4H2,1-2H3. The van der Waals surface area contributed by atoms with Gasteiger partial charge in [-0.3, -0.25) is 0 Å². The number of hydrogen-bond donors (Lipinski definition) is 0. The van der Waals surface area contributed by atoms with Crippen LogP contribution in [0.3, 0.4) is 0 Å². The summed E-state index contributed by atoms with van der Waals surface area (Å²) in [7, 11) is 2.71. The first-order valence-electron chi connectivity index (χ1n) is 5.71. The van der Waals surface area contributed by atoms with Gasteiger partial charge in [-0.05, 0) is 61.4 Å². The number of fused-ring (bicyclic) bond motifs is 1. The van der Waals surface area contributed by atoms with E-state index in [1.165, 1.54) is 0 Å². The van der Waals surface area contributed by atoms with Crippen molar-refractivity contribution in [1.29, 1.82) is 0 Å². The number of rotatable bonds is 2. The quantitative estimate of drug-likeness (QED) is 0.629. The van der Waals surface area contributed by atoms with Crippen LogP contribution in [0.4, 0.5) is 13.2 Å². The summed E-state index contributed by atoms with van der Waals surface area (Å²) in [5.74, 6) is 0. The molecule has 0 bridgehead atoms. The Bertz CT molecular complexity index is 507. The van der Waals surface area contributed by atoms with Crippen molar-refractivity contribution in [2.24, 2.45) is 0 Å². The predicted octanol–water partition coefficient (Wildman–Crippen LogP) is 5.99. The average molecular weight is 295 g/mol. The van der Waals surface area contributed by atoms with E-state index in [1.54, 1.807) is 25.1 Å². The van der Waals surface area contributed by atoms with Gasteiger partial charge >= 0.3 is 5.51 Å². The van der Waals surface area contributed by atoms with E-state index >= 15 is 0 Å². The molecule has 1 unspecified atom stereocenters. The van der Waals surface area contributed by atoms with Crippen molar-refractivity contribution in [3.63, 3.8) is 0 Å². The molecule has 5 heteroatoms. The average Bonchev–Trinajstić information content (AvgIpc) is 2.54. The highest BCUT2D eigenvalue weighted by Crippen LogP contribution is 2.80. The first-order chi connectivity index (χ1) is 8.30. The highest BCUT2D eigenvalue weighted by Gasteiger charge is 2.55. The largest absolute Gasteiger partial charge is 0.445 e. The summed E-state index contributed by atoms with van der Waals surface area (Å²) in [6.45, 7) is 3.65. The Hall–Kier alpha value is -0.610. The third kappa shape index (κ3) is 1.95. The smallest absolute Gasteiger partial charge is 0.160 e. The molecule has 0 aromatic heterocycles. The van der Waals surface area contributed by atoms with E-state index in [9.17, 15) is 13.2 Å². The second-order valence-corrected chi connectivity index (χ2v) is 8.28. The zero-order valence-corrected chi connectivity index (χ0v) is 11.7. The fourth-order valence-electron chi connectivity index (χ4n) is 2.13. The zero-order chi connectivity index (χ0) is 13.6. The highest BCUT2D eigenvalue weighted by atomic mass is 35.7. The SMILES string of the molecule is CCCC1=Cc2ccc(C)cc2S1(Cl)C(F)(F)F. The molecule has 2 rings (SSSR count). The Morgan fingerprint density at radius 1 is 1.28 bits per heavy atom. The molecule has 0 saturated heterocycles. The van der Waals surface area contributed by atoms with Gasteiger partial charge in [-0.1, -0.05) is 25.5 Å². The summed E-state index contributed by atoms with van der Waals surface area (Å²) < 4.78 is 40.2. The molecule has 0 fully saturated rings. The van der Waals surface area contributed by atoms with Gasteiger partial charge in [0, 0.05) is 4.90 Å². The van der Waals surface area contributed by atoms with E-state index in [4.69, 9.17) is 10.7 Å². The normalized spacial score (nSPS) is 26.4. The maximum absolute atomic E-state index is 13.4. The topological polar surface area (TPSA) is 0 Å². The summed E-state index contributed by atoms with van der Waals surface area (Å²) >= 11 is 0. The van der Waals surface area contributed by atoms with Gasteiger partial charge in [0.05, 0.1) is 0 Å². The van der Waals surface area contributed by atoms with Crippen LogP contribution in [0.15, 0.2) is 28.0 Å². The van der Waals surface area contributed by atoms with Crippen molar-refractivity contribution < 1.29 is 13.2 Å². The second kappa shape index (κ2) is 4.49. The molecule has 1 aliphatic heterocycles. The molecular weight excluding hydrogens is 281 g/mol. The van der Waals surface area contributed by atoms with Crippen molar-refractivity contribution in [2.75, 3.05) is 0 Å². The van der Waals surface area contributed by atoms with E-state index in [0.29, 0.717) is 23.3 Å². The first kappa shape index (κ1) is 13.8. The summed E-state index contributed by atoms with van der Waals surface area (Å²) in [4.78, 5) is 0.583. The molecule has 1 aliphatic rings. The van der Waals surface area contributed by atoms with Crippen molar-refractivity contribution >= 4 is 26.0 Å². The van der Waals surface area contributed by atoms with Crippen molar-refractivity contribution in [1.82, 2.24) is 0 Å². The molecule has 0 amide bonds. The lowest BCUT2D eigenvalue weighted by atomic mass is 10.1. The van der Waals surface area contributed by atoms with Gasteiger partial charge < -0.3 is 0 Å². The maximum Gasteiger partial charge on any atom is 0.445 e. The fourth-order valence-corrected chi connectivity index (χ4v) is 5.30. The van der Waals surface area contributed by atoms with Gasteiger partial charge in [-0.25, -0.2) is 0 Å². The second-order valence-electron chi connectivity index (χ2n) is 4.39. The molecule has 0 N–H and O–H groups in total. The van der Waals surface area contributed by atoms with Crippen molar-refractivity contribution in [2.45, 2.75) is 37.1 Å². The fraction of sp³-hybridized carbons (Fsp3) is 0.385. The van der Waals surface area contributed by atoms with Crippen LogP contribution in [0.1, 0.15) is 30.9 Å². The number of hydrogen-bond acceptors (Lipinski definition) is 0. The van der Waals surface area contributed by atoms with Crippen LogP contribution in [0, 0.1) is 6.92 Å². The molecule has 0 aliphatic carbocycles. The van der Waals surface area contributed by atoms with Crippen LogP contribution in [-0.4, -0.2) is 5.51 Å². The molecule has 1 heterocycles. The lowest BCUT2D eigenvalue weighted by Gasteiger charge is -2.34. The summed E-state index contributed by atoms with van der Waals surface area (Å²) in [6.07, 6.45) is 2.68. The number of aryl methyl sites for hydroxylation is 1. The summed E-state index contributed by atoms with van der Waals surface area (Å²) in [5, 5.41) is 0. The van der Waals surface area contributed by atoms with Gasteiger partial charge in [0.15, 0.2) is 0 Å². The highest BCUT2D eigenvalue weighted by molar-refractivity contribution is 8.54. The molecule has 0 radical (unpaired) electrons. The summed E-state index contributed by atoms with van der Waals surface area (Å²) in [5.41, 5.74) is -2.97. The molecule has 1 aromatic carbocycles. The number of alkyl halides is 3. The van der Waals surface area contributed by atoms with Crippen LogP contribution in [0.2, 0.25) is 0 Å². The molecule has 0 spiro atoms. The van der Waals surface area contributed by atoms with Gasteiger partial charge in [0.25, 0.3) is 0 Å². The Morgan fingerprint density at radius 3 is 2.50 bits per heavy atom. The third-order valence-corrected chi connectivity index (χ3v) is 7.23. The third-order valence-electron chi connectivity index (χ3n) is 2.97. The molecule has 100 valence electrons. The van der Waals surface area contributed by atoms with Gasteiger partial charge in [-0.2, -0.15) is 13.2 Å². The first-order valence-corrected chi connectivity index (χ1v) is 8.17. The van der Waals surface area contributed by atoms with E-state index in [1.807, 2.05) is 13.0 Å². The van der Waals surface area contributed by atoms with Crippen LogP contribution in [0.25, 0.3) is 6.08 Å². The maximum atomic E-state index is 13.4. The predicted molar refractivity (Wildman–Crippen MR) is 71.8 cm³/mol. The van der Waals surface area contributed by atoms with Gasteiger partial charge in [0.2, 0.25) is 0 Å². The molecule has 18 heavy (non-hydrogen) atoms.